The van der Waals surface area contributed by atoms with Gasteiger partial charge < -0.3 is 0 Å². The average Bonchev–Trinajstić information content (AvgIpc) is 2.82. The van der Waals surface area contributed by atoms with Crippen LogP contribution in [0.4, 0.5) is 0 Å². The van der Waals surface area contributed by atoms with E-state index in [9.17, 15) is 0 Å². The van der Waals surface area contributed by atoms with Crippen LogP contribution in [-0.4, -0.2) is 0 Å². The van der Waals surface area contributed by atoms with E-state index in [4.69, 9.17) is 27.9 Å². The van der Waals surface area contributed by atoms with Crippen LogP contribution in [0.2, 0.25) is 0 Å². The van der Waals surface area contributed by atoms with Crippen molar-refractivity contribution in [1.29, 1.82) is 0 Å². The Morgan fingerprint density at radius 1 is 0.393 bits per heavy atom. The second kappa shape index (κ2) is 56.3. The first-order valence-corrected chi connectivity index (χ1v) is 5.80. The SMILES string of the molecule is C(#Cc1ccccc1)c1ccccc1.[C-]#[O+].[C-]#[O+].[C-]#[O+].[C-]#[O+].[C-]#[O+].[C-]#[O+].[Co+3].[Co+3]. The van der Waals surface area contributed by atoms with Crippen LogP contribution in [0.1, 0.15) is 11.1 Å². The summed E-state index contributed by atoms with van der Waals surface area (Å²) in [4.78, 5) is 0. The minimum absolute atomic E-state index is 0. The molecule has 0 saturated heterocycles. The first-order chi connectivity index (χ1) is 12.9. The fourth-order valence-corrected chi connectivity index (χ4v) is 1.19. The van der Waals surface area contributed by atoms with Crippen LogP contribution < -0.4 is 0 Å². The van der Waals surface area contributed by atoms with Gasteiger partial charge in [-0.3, -0.25) is 0 Å². The Balaban J connectivity index is -0.0000000547. The van der Waals surface area contributed by atoms with Gasteiger partial charge in [0, 0.05) is 11.1 Å². The fraction of sp³-hybridized carbons (Fsp3) is 0. The molecule has 2 aromatic rings. The van der Waals surface area contributed by atoms with Gasteiger partial charge in [-0.2, -0.15) is 0 Å². The molecule has 0 aliphatic rings. The number of rotatable bonds is 0. The molecule has 2 aromatic carbocycles. The van der Waals surface area contributed by atoms with Crippen molar-refractivity contribution in [3.05, 3.63) is 112 Å². The Bertz CT molecular complexity index is 616. The summed E-state index contributed by atoms with van der Waals surface area (Å²) in [5, 5.41) is 0. The standard InChI is InChI=1S/C14H10.6CO.2Co/c1-3-7-13(8-4-1)11-12-14-9-5-2-6-10-14;6*1-2;;/h1-10H;;;;;;;;/q;;;;;;;2*+3. The summed E-state index contributed by atoms with van der Waals surface area (Å²) < 4.78 is 45.0. The molecule has 0 aliphatic carbocycles. The molecule has 0 saturated carbocycles. The Labute approximate surface area is 184 Å². The van der Waals surface area contributed by atoms with E-state index in [-0.39, 0.29) is 33.6 Å². The normalized spacial score (nSPS) is 4.86. The number of benzene rings is 2. The molecule has 8 heteroatoms. The zero-order valence-electron chi connectivity index (χ0n) is 13.9. The zero-order valence-corrected chi connectivity index (χ0v) is 16.0. The van der Waals surface area contributed by atoms with Gasteiger partial charge >= 0.3 is 101 Å². The Morgan fingerprint density at radius 2 is 0.571 bits per heavy atom. The number of hydrogen-bond donors (Lipinski definition) is 0. The minimum atomic E-state index is 0. The zero-order chi connectivity index (χ0) is 21.6. The van der Waals surface area contributed by atoms with Gasteiger partial charge in [0.2, 0.25) is 0 Å². The van der Waals surface area contributed by atoms with Crippen molar-refractivity contribution >= 4 is 0 Å². The quantitative estimate of drug-likeness (QED) is 0.324. The molecule has 0 bridgehead atoms. The van der Waals surface area contributed by atoms with Gasteiger partial charge in [-0.1, -0.05) is 48.2 Å². The third kappa shape index (κ3) is 34.7. The van der Waals surface area contributed by atoms with Crippen LogP contribution in [0.25, 0.3) is 0 Å². The summed E-state index contributed by atoms with van der Waals surface area (Å²) in [5.74, 6) is 6.22. The van der Waals surface area contributed by atoms with Crippen LogP contribution >= 0.6 is 0 Å². The van der Waals surface area contributed by atoms with E-state index in [1.165, 1.54) is 0 Å². The molecule has 0 unspecified atom stereocenters. The van der Waals surface area contributed by atoms with E-state index in [0.29, 0.717) is 0 Å². The summed E-state index contributed by atoms with van der Waals surface area (Å²) in [5.41, 5.74) is 2.10. The summed E-state index contributed by atoms with van der Waals surface area (Å²) in [6.07, 6.45) is 0. The maximum absolute atomic E-state index is 7.50. The second-order valence-electron chi connectivity index (χ2n) is 2.98. The molecule has 0 amide bonds. The molecule has 0 aromatic heterocycles. The maximum Gasteiger partial charge on any atom is 3.00 e. The van der Waals surface area contributed by atoms with E-state index >= 15 is 0 Å². The van der Waals surface area contributed by atoms with Crippen molar-refractivity contribution in [3.8, 4) is 11.8 Å². The van der Waals surface area contributed by atoms with E-state index in [1.54, 1.807) is 0 Å². The van der Waals surface area contributed by atoms with Crippen molar-refractivity contribution in [2.45, 2.75) is 0 Å². The molecule has 0 spiro atoms. The van der Waals surface area contributed by atoms with Crippen molar-refractivity contribution in [2.75, 3.05) is 0 Å². The van der Waals surface area contributed by atoms with E-state index < -0.39 is 0 Å². The van der Waals surface area contributed by atoms with Crippen LogP contribution in [0, 0.1) is 51.7 Å². The van der Waals surface area contributed by atoms with Gasteiger partial charge in [0.05, 0.1) is 0 Å². The van der Waals surface area contributed by atoms with Crippen molar-refractivity contribution in [2.24, 2.45) is 0 Å². The van der Waals surface area contributed by atoms with Crippen LogP contribution in [0.5, 0.6) is 0 Å². The van der Waals surface area contributed by atoms with Gasteiger partial charge in [-0.25, -0.2) is 0 Å². The van der Waals surface area contributed by atoms with Crippen LogP contribution in [0.3, 0.4) is 0 Å². The summed E-state index contributed by atoms with van der Waals surface area (Å²) in [7, 11) is 0. The van der Waals surface area contributed by atoms with Gasteiger partial charge in [0.1, 0.15) is 0 Å². The molecule has 138 valence electrons. The molecule has 2 rings (SSSR count). The third-order valence-corrected chi connectivity index (χ3v) is 1.90. The molecule has 0 atom stereocenters. The molecule has 6 nitrogen and oxygen atoms in total. The van der Waals surface area contributed by atoms with Crippen LogP contribution in [0.15, 0.2) is 60.7 Å². The van der Waals surface area contributed by atoms with Gasteiger partial charge in [0.15, 0.2) is 0 Å². The molecule has 0 aliphatic heterocycles. The Kier molecular flexibility index (Phi) is 89.9. The minimum Gasteiger partial charge on any atom is 3.00 e. The first kappa shape index (κ1) is 44.7. The second-order valence-corrected chi connectivity index (χ2v) is 2.98. The smallest absolute Gasteiger partial charge is 3.00 e. The summed E-state index contributed by atoms with van der Waals surface area (Å²) in [6, 6.07) is 20.0. The van der Waals surface area contributed by atoms with Crippen LogP contribution in [-0.2, 0) is 61.5 Å². The molecule has 0 heterocycles. The van der Waals surface area contributed by atoms with E-state index in [1.807, 2.05) is 60.7 Å². The summed E-state index contributed by atoms with van der Waals surface area (Å²) >= 11 is 0. The average molecular weight is 464 g/mol. The monoisotopic (exact) mass is 464 g/mol. The molecular formula is C20H10Co2O6+6. The maximum atomic E-state index is 7.50. The fourth-order valence-electron chi connectivity index (χ4n) is 1.19. The molecule has 0 fully saturated rings. The largest absolute Gasteiger partial charge is 3.00 e. The molecule has 28 heavy (non-hydrogen) atoms. The Hall–Kier alpha value is -2.55. The summed E-state index contributed by atoms with van der Waals surface area (Å²) in [6.45, 7) is 27.0. The van der Waals surface area contributed by atoms with Crippen molar-refractivity contribution < 1.29 is 61.5 Å². The predicted octanol–water partition coefficient (Wildman–Crippen LogP) is 2.86. The first-order valence-electron chi connectivity index (χ1n) is 5.80. The van der Waals surface area contributed by atoms with E-state index in [0.717, 1.165) is 11.1 Å². The van der Waals surface area contributed by atoms with Gasteiger partial charge in [-0.15, -0.1) is 0 Å². The van der Waals surface area contributed by atoms with Crippen molar-refractivity contribution in [1.82, 2.24) is 0 Å². The number of hydrogen-bond acceptors (Lipinski definition) is 0. The van der Waals surface area contributed by atoms with E-state index in [2.05, 4.69) is 51.7 Å². The topological polar surface area (TPSA) is 119 Å². The van der Waals surface area contributed by atoms with Gasteiger partial charge in [0.25, 0.3) is 0 Å². The van der Waals surface area contributed by atoms with Crippen molar-refractivity contribution in [3.63, 3.8) is 0 Å². The van der Waals surface area contributed by atoms with Gasteiger partial charge in [-0.05, 0) is 24.3 Å². The Morgan fingerprint density at radius 3 is 0.750 bits per heavy atom. The molecular weight excluding hydrogens is 454 g/mol. The predicted molar refractivity (Wildman–Crippen MR) is 82.4 cm³/mol. The third-order valence-electron chi connectivity index (χ3n) is 1.90. The molecule has 0 N–H and O–H groups in total. The molecule has 0 radical (unpaired) electrons.